The zero-order valence-electron chi connectivity index (χ0n) is 11.6. The first-order chi connectivity index (χ1) is 9.78. The normalized spacial score (nSPS) is 32.8. The van der Waals surface area contributed by atoms with Crippen molar-refractivity contribution in [2.45, 2.75) is 31.4 Å². The van der Waals surface area contributed by atoms with Crippen LogP contribution in [0.15, 0.2) is 18.2 Å². The van der Waals surface area contributed by atoms with E-state index in [0.717, 1.165) is 29.7 Å². The first-order valence-electron chi connectivity index (χ1n) is 7.69. The van der Waals surface area contributed by atoms with Crippen molar-refractivity contribution in [3.8, 4) is 5.75 Å². The van der Waals surface area contributed by atoms with Crippen LogP contribution in [-0.4, -0.2) is 43.2 Å². The standard InChI is InChI=1S/C16H21ClN2O/c17-13-3-4-16-12(6-13)7-14(20-16)9-19-8-11-2-1-5-18-15(11)10-19/h3-4,6,11,14-15,18H,1-2,5,7-10H2/t11-,14?,15+/m0/s1. The molecule has 4 heteroatoms. The minimum atomic E-state index is 0.295. The third-order valence-electron chi connectivity index (χ3n) is 4.90. The average Bonchev–Trinajstić information content (AvgIpc) is 3.00. The van der Waals surface area contributed by atoms with Gasteiger partial charge in [-0.15, -0.1) is 0 Å². The molecule has 20 heavy (non-hydrogen) atoms. The van der Waals surface area contributed by atoms with Crippen LogP contribution in [0.1, 0.15) is 18.4 Å². The topological polar surface area (TPSA) is 24.5 Å². The number of hydrogen-bond acceptors (Lipinski definition) is 3. The van der Waals surface area contributed by atoms with E-state index < -0.39 is 0 Å². The quantitative estimate of drug-likeness (QED) is 0.905. The predicted octanol–water partition coefficient (Wildman–Crippen LogP) is 2.33. The van der Waals surface area contributed by atoms with Crippen molar-refractivity contribution < 1.29 is 4.74 Å². The zero-order valence-corrected chi connectivity index (χ0v) is 12.4. The Kier molecular flexibility index (Phi) is 3.37. The first kappa shape index (κ1) is 12.9. The molecular formula is C16H21ClN2O. The van der Waals surface area contributed by atoms with Gasteiger partial charge in [0.1, 0.15) is 11.9 Å². The van der Waals surface area contributed by atoms with Crippen molar-refractivity contribution in [1.29, 1.82) is 0 Å². The van der Waals surface area contributed by atoms with Crippen LogP contribution in [-0.2, 0) is 6.42 Å². The Balaban J connectivity index is 1.37. The summed E-state index contributed by atoms with van der Waals surface area (Å²) < 4.78 is 6.06. The second-order valence-electron chi connectivity index (χ2n) is 6.38. The van der Waals surface area contributed by atoms with Gasteiger partial charge in [-0.25, -0.2) is 0 Å². The third kappa shape index (κ3) is 2.43. The minimum Gasteiger partial charge on any atom is -0.488 e. The van der Waals surface area contributed by atoms with Crippen molar-refractivity contribution in [3.05, 3.63) is 28.8 Å². The van der Waals surface area contributed by atoms with E-state index in [1.54, 1.807) is 0 Å². The summed E-state index contributed by atoms with van der Waals surface area (Å²) in [5.41, 5.74) is 1.26. The fourth-order valence-corrected chi connectivity index (χ4v) is 4.16. The van der Waals surface area contributed by atoms with Gasteiger partial charge in [-0.3, -0.25) is 4.90 Å². The molecule has 108 valence electrons. The van der Waals surface area contributed by atoms with E-state index >= 15 is 0 Å². The van der Waals surface area contributed by atoms with E-state index in [4.69, 9.17) is 16.3 Å². The van der Waals surface area contributed by atoms with Gasteiger partial charge < -0.3 is 10.1 Å². The molecule has 1 N–H and O–H groups in total. The van der Waals surface area contributed by atoms with E-state index in [1.807, 2.05) is 18.2 Å². The summed E-state index contributed by atoms with van der Waals surface area (Å²) in [5.74, 6) is 1.87. The van der Waals surface area contributed by atoms with Gasteiger partial charge >= 0.3 is 0 Å². The molecule has 1 unspecified atom stereocenters. The largest absolute Gasteiger partial charge is 0.488 e. The highest BCUT2D eigenvalue weighted by atomic mass is 35.5. The Bertz CT molecular complexity index is 493. The lowest BCUT2D eigenvalue weighted by Gasteiger charge is -2.24. The molecule has 3 nitrogen and oxygen atoms in total. The molecule has 2 saturated heterocycles. The SMILES string of the molecule is Clc1ccc2c(c1)CC(CN1C[C@@H]3CCCN[C@@H]3C1)O2. The number of likely N-dealkylation sites (tertiary alicyclic amines) is 1. The summed E-state index contributed by atoms with van der Waals surface area (Å²) in [5, 5.41) is 4.47. The van der Waals surface area contributed by atoms with Gasteiger partial charge in [0.15, 0.2) is 0 Å². The zero-order chi connectivity index (χ0) is 13.5. The molecule has 3 aliphatic rings. The molecule has 0 radical (unpaired) electrons. The van der Waals surface area contributed by atoms with E-state index in [1.165, 1.54) is 38.0 Å². The van der Waals surface area contributed by atoms with Crippen LogP contribution in [0.3, 0.4) is 0 Å². The van der Waals surface area contributed by atoms with Crippen molar-refractivity contribution in [1.82, 2.24) is 10.2 Å². The number of rotatable bonds is 2. The van der Waals surface area contributed by atoms with Crippen molar-refractivity contribution in [2.24, 2.45) is 5.92 Å². The molecule has 3 aliphatic heterocycles. The van der Waals surface area contributed by atoms with Crippen LogP contribution in [0.5, 0.6) is 5.75 Å². The first-order valence-corrected chi connectivity index (χ1v) is 8.06. The molecule has 4 rings (SSSR count). The van der Waals surface area contributed by atoms with E-state index in [-0.39, 0.29) is 0 Å². The lowest BCUT2D eigenvalue weighted by molar-refractivity contribution is 0.165. The molecular weight excluding hydrogens is 272 g/mol. The summed E-state index contributed by atoms with van der Waals surface area (Å²) in [7, 11) is 0. The molecule has 0 amide bonds. The third-order valence-corrected chi connectivity index (χ3v) is 5.14. The molecule has 0 spiro atoms. The molecule has 0 aromatic heterocycles. The maximum Gasteiger partial charge on any atom is 0.123 e. The maximum atomic E-state index is 6.06. The number of benzene rings is 1. The number of ether oxygens (including phenoxy) is 1. The van der Waals surface area contributed by atoms with E-state index in [2.05, 4.69) is 10.2 Å². The van der Waals surface area contributed by atoms with Gasteiger partial charge in [-0.1, -0.05) is 11.6 Å². The average molecular weight is 293 g/mol. The number of hydrogen-bond donors (Lipinski definition) is 1. The summed E-state index contributed by atoms with van der Waals surface area (Å²) >= 11 is 6.05. The lowest BCUT2D eigenvalue weighted by Crippen LogP contribution is -2.41. The van der Waals surface area contributed by atoms with E-state index in [0.29, 0.717) is 12.1 Å². The highest BCUT2D eigenvalue weighted by molar-refractivity contribution is 6.30. The second kappa shape index (κ2) is 5.21. The second-order valence-corrected chi connectivity index (χ2v) is 6.81. The number of piperidine rings is 1. The number of nitrogens with zero attached hydrogens (tertiary/aromatic N) is 1. The molecule has 0 bridgehead atoms. The van der Waals surface area contributed by atoms with Gasteiger partial charge in [0.2, 0.25) is 0 Å². The molecule has 0 saturated carbocycles. The maximum absolute atomic E-state index is 6.06. The van der Waals surface area contributed by atoms with Crippen molar-refractivity contribution in [3.63, 3.8) is 0 Å². The number of halogens is 1. The van der Waals surface area contributed by atoms with Crippen LogP contribution in [0.25, 0.3) is 0 Å². The smallest absolute Gasteiger partial charge is 0.123 e. The summed E-state index contributed by atoms with van der Waals surface area (Å²) in [6.07, 6.45) is 4.01. The lowest BCUT2D eigenvalue weighted by atomic mass is 9.94. The summed E-state index contributed by atoms with van der Waals surface area (Å²) in [6.45, 7) is 4.65. The van der Waals surface area contributed by atoms with Gasteiger partial charge in [0.05, 0.1) is 0 Å². The molecule has 2 fully saturated rings. The van der Waals surface area contributed by atoms with Gasteiger partial charge in [-0.2, -0.15) is 0 Å². The van der Waals surface area contributed by atoms with Crippen LogP contribution in [0.4, 0.5) is 0 Å². The van der Waals surface area contributed by atoms with Crippen LogP contribution in [0, 0.1) is 5.92 Å². The molecule has 0 aliphatic carbocycles. The van der Waals surface area contributed by atoms with Gasteiger partial charge in [0, 0.05) is 37.1 Å². The predicted molar refractivity (Wildman–Crippen MR) is 80.5 cm³/mol. The van der Waals surface area contributed by atoms with Crippen molar-refractivity contribution >= 4 is 11.6 Å². The van der Waals surface area contributed by atoms with Gasteiger partial charge in [-0.05, 0) is 49.1 Å². The van der Waals surface area contributed by atoms with E-state index in [9.17, 15) is 0 Å². The molecule has 1 aromatic carbocycles. The highest BCUT2D eigenvalue weighted by Gasteiger charge is 2.36. The van der Waals surface area contributed by atoms with Gasteiger partial charge in [0.25, 0.3) is 0 Å². The Morgan fingerprint density at radius 1 is 1.35 bits per heavy atom. The van der Waals surface area contributed by atoms with Crippen LogP contribution < -0.4 is 10.1 Å². The Labute approximate surface area is 125 Å². The van der Waals surface area contributed by atoms with Crippen LogP contribution >= 0.6 is 11.6 Å². The minimum absolute atomic E-state index is 0.295. The molecule has 3 heterocycles. The molecule has 3 atom stereocenters. The van der Waals surface area contributed by atoms with Crippen molar-refractivity contribution in [2.75, 3.05) is 26.2 Å². The monoisotopic (exact) mass is 292 g/mol. The Morgan fingerprint density at radius 3 is 3.20 bits per heavy atom. The van der Waals surface area contributed by atoms with Crippen LogP contribution in [0.2, 0.25) is 5.02 Å². The Morgan fingerprint density at radius 2 is 2.30 bits per heavy atom. The number of fused-ring (bicyclic) bond motifs is 2. The number of nitrogens with one attached hydrogen (secondary N) is 1. The highest BCUT2D eigenvalue weighted by Crippen LogP contribution is 2.32. The fourth-order valence-electron chi connectivity index (χ4n) is 3.96. The summed E-state index contributed by atoms with van der Waals surface area (Å²) in [6, 6.07) is 6.67. The molecule has 1 aromatic rings. The Hall–Kier alpha value is -0.770. The summed E-state index contributed by atoms with van der Waals surface area (Å²) in [4.78, 5) is 2.58. The fraction of sp³-hybridized carbons (Fsp3) is 0.625.